The number of fused-ring (bicyclic) bond motifs is 9. The molecule has 2 aliphatic carbocycles. The smallest absolute Gasteiger partial charge is 0.103 e. The zero-order valence-electron chi connectivity index (χ0n) is 24.3. The Morgan fingerprint density at radius 3 is 2.20 bits per heavy atom. The van der Waals surface area contributed by atoms with Crippen LogP contribution in [0.4, 0.5) is 0 Å². The van der Waals surface area contributed by atoms with Crippen molar-refractivity contribution in [2.75, 3.05) is 13.6 Å². The molecule has 7 heteroatoms. The fraction of sp³-hybridized carbons (Fsp3) is 0.270. The van der Waals surface area contributed by atoms with Gasteiger partial charge in [0.05, 0.1) is 34.2 Å². The van der Waals surface area contributed by atoms with Crippen LogP contribution >= 0.6 is 23.2 Å². The summed E-state index contributed by atoms with van der Waals surface area (Å²) in [5.41, 5.74) is 12.8. The zero-order chi connectivity index (χ0) is 29.6. The summed E-state index contributed by atoms with van der Waals surface area (Å²) in [7, 11) is 2.28. The lowest BCUT2D eigenvalue weighted by Gasteiger charge is -2.52. The molecule has 9 rings (SSSR count). The molecule has 2 unspecified atom stereocenters. The van der Waals surface area contributed by atoms with Gasteiger partial charge in [-0.15, -0.1) is 0 Å². The molecule has 1 aromatic heterocycles. The minimum absolute atomic E-state index is 0.0899. The van der Waals surface area contributed by atoms with E-state index >= 15 is 0 Å². The number of hydrogen-bond donors (Lipinski definition) is 1. The summed E-state index contributed by atoms with van der Waals surface area (Å²) in [6.07, 6.45) is 3.16. The first-order valence-corrected chi connectivity index (χ1v) is 16.2. The van der Waals surface area contributed by atoms with Crippen LogP contribution in [0.15, 0.2) is 102 Å². The molecule has 2 fully saturated rings. The highest BCUT2D eigenvalue weighted by Crippen LogP contribution is 2.70. The van der Waals surface area contributed by atoms with Crippen molar-refractivity contribution in [1.82, 2.24) is 20.3 Å². The third kappa shape index (κ3) is 3.38. The molecule has 4 aromatic carbocycles. The topological polar surface area (TPSA) is 53.4 Å². The molecule has 5 atom stereocenters. The first kappa shape index (κ1) is 26.6. The van der Waals surface area contributed by atoms with E-state index < -0.39 is 5.54 Å². The second-order valence-corrected chi connectivity index (χ2v) is 13.6. The molecule has 0 bridgehead atoms. The maximum absolute atomic E-state index is 6.45. The van der Waals surface area contributed by atoms with Crippen molar-refractivity contribution in [3.05, 3.63) is 129 Å². The van der Waals surface area contributed by atoms with Gasteiger partial charge < -0.3 is 5.43 Å². The van der Waals surface area contributed by atoms with E-state index in [-0.39, 0.29) is 23.3 Å². The number of hydrogen-bond acceptors (Lipinski definition) is 5. The predicted molar refractivity (Wildman–Crippen MR) is 177 cm³/mol. The second kappa shape index (κ2) is 9.61. The van der Waals surface area contributed by atoms with E-state index in [1.54, 1.807) is 0 Å². The Bertz CT molecular complexity index is 1970. The molecule has 2 aliphatic heterocycles. The van der Waals surface area contributed by atoms with Crippen LogP contribution in [0.25, 0.3) is 22.3 Å². The van der Waals surface area contributed by atoms with Crippen LogP contribution in [-0.4, -0.2) is 34.2 Å². The van der Waals surface area contributed by atoms with Crippen LogP contribution in [0.1, 0.15) is 53.6 Å². The summed E-state index contributed by atoms with van der Waals surface area (Å²) in [6, 6.07) is 34.0. The van der Waals surface area contributed by atoms with Crippen molar-refractivity contribution in [2.45, 2.75) is 36.8 Å². The van der Waals surface area contributed by atoms with E-state index in [1.807, 2.05) is 30.3 Å². The van der Waals surface area contributed by atoms with Gasteiger partial charge in [-0.3, -0.25) is 4.90 Å². The van der Waals surface area contributed by atoms with Crippen molar-refractivity contribution in [3.63, 3.8) is 0 Å². The molecule has 5 aromatic rings. The van der Waals surface area contributed by atoms with Crippen LogP contribution in [0.5, 0.6) is 0 Å². The lowest BCUT2D eigenvalue weighted by atomic mass is 9.51. The van der Waals surface area contributed by atoms with Crippen LogP contribution in [0.3, 0.4) is 0 Å². The van der Waals surface area contributed by atoms with E-state index in [4.69, 9.17) is 38.3 Å². The first-order valence-electron chi connectivity index (χ1n) is 15.5. The van der Waals surface area contributed by atoms with E-state index in [0.717, 1.165) is 58.3 Å². The third-order valence-corrected chi connectivity index (χ3v) is 11.4. The number of rotatable bonds is 2. The average molecular weight is 617 g/mol. The van der Waals surface area contributed by atoms with Crippen LogP contribution in [0, 0.1) is 11.3 Å². The van der Waals surface area contributed by atoms with Crippen LogP contribution in [0.2, 0.25) is 10.0 Å². The maximum Gasteiger partial charge on any atom is 0.103 e. The Kier molecular flexibility index (Phi) is 5.82. The molecule has 5 nitrogen and oxygen atoms in total. The largest absolute Gasteiger partial charge is 0.302 e. The quantitative estimate of drug-likeness (QED) is 0.217. The van der Waals surface area contributed by atoms with Gasteiger partial charge in [0.15, 0.2) is 0 Å². The highest BCUT2D eigenvalue weighted by Gasteiger charge is 2.72. The van der Waals surface area contributed by atoms with Crippen molar-refractivity contribution < 1.29 is 0 Å². The van der Waals surface area contributed by atoms with Gasteiger partial charge >= 0.3 is 0 Å². The number of hydrazone groups is 1. The summed E-state index contributed by atoms with van der Waals surface area (Å²) in [5, 5.41) is 6.86. The molecule has 1 saturated heterocycles. The van der Waals surface area contributed by atoms with Crippen molar-refractivity contribution >= 4 is 39.9 Å². The molecule has 218 valence electrons. The second-order valence-electron chi connectivity index (χ2n) is 12.8. The molecular formula is C37H31Cl2N5. The predicted octanol–water partition coefficient (Wildman–Crippen LogP) is 8.38. The molecule has 1 N–H and O–H groups in total. The summed E-state index contributed by atoms with van der Waals surface area (Å²) in [4.78, 5) is 13.4. The Hall–Kier alpha value is -3.77. The van der Waals surface area contributed by atoms with Crippen molar-refractivity contribution in [2.24, 2.45) is 16.4 Å². The summed E-state index contributed by atoms with van der Waals surface area (Å²) in [6.45, 7) is 0.862. The number of likely N-dealkylation sites (N-methyl/N-ethyl adjacent to an activating group) is 1. The van der Waals surface area contributed by atoms with Crippen molar-refractivity contribution in [3.8, 4) is 11.3 Å². The fourth-order valence-electron chi connectivity index (χ4n) is 9.28. The van der Waals surface area contributed by atoms with Gasteiger partial charge in [-0.25, -0.2) is 9.97 Å². The SMILES string of the molecule is CN1C[C@@H](c2ccc(Cl)cc2)[C@@]2(CCCC3C2=NNC3c2ccc(Cl)cc2)[C@@]12c1ccccc1-c1nc3ccccc3nc12. The minimum atomic E-state index is -0.547. The summed E-state index contributed by atoms with van der Waals surface area (Å²) >= 11 is 12.8. The van der Waals surface area contributed by atoms with Crippen LogP contribution < -0.4 is 5.43 Å². The van der Waals surface area contributed by atoms with Gasteiger partial charge in [0.2, 0.25) is 0 Å². The molecular weight excluding hydrogens is 585 g/mol. The maximum atomic E-state index is 6.45. The van der Waals surface area contributed by atoms with Gasteiger partial charge in [0.1, 0.15) is 5.54 Å². The van der Waals surface area contributed by atoms with Gasteiger partial charge in [0.25, 0.3) is 0 Å². The summed E-state index contributed by atoms with van der Waals surface area (Å²) < 4.78 is 0. The standard InChI is InChI=1S/C37H31Cl2N5/c1-44-21-29(22-12-16-24(38)17-13-22)36(20-6-8-27-32(42-43-34(27)36)23-14-18-25(39)19-15-23)37(44)28-9-3-2-7-26(28)33-35(37)41-31-11-5-4-10-30(31)40-33/h2-5,7,9-19,27,29,32,42H,6,8,20-21H2,1H3/t27?,29-,32?,36+,37-/m0/s1. The Balaban J connectivity index is 1.34. The molecule has 0 amide bonds. The number of benzene rings is 4. The monoisotopic (exact) mass is 615 g/mol. The van der Waals surface area contributed by atoms with Crippen LogP contribution in [-0.2, 0) is 5.54 Å². The van der Waals surface area contributed by atoms with Gasteiger partial charge in [-0.05, 0) is 73.0 Å². The molecule has 1 saturated carbocycles. The van der Waals surface area contributed by atoms with E-state index in [9.17, 15) is 0 Å². The first-order chi connectivity index (χ1) is 21.5. The molecule has 3 heterocycles. The lowest BCUT2D eigenvalue weighted by Crippen LogP contribution is -2.57. The molecule has 4 aliphatic rings. The summed E-state index contributed by atoms with van der Waals surface area (Å²) in [5.74, 6) is 0.414. The van der Waals surface area contributed by atoms with Crippen molar-refractivity contribution in [1.29, 1.82) is 0 Å². The lowest BCUT2D eigenvalue weighted by molar-refractivity contribution is 0.111. The van der Waals surface area contributed by atoms with Gasteiger partial charge in [0, 0.05) is 39.4 Å². The van der Waals surface area contributed by atoms with Gasteiger partial charge in [-0.2, -0.15) is 5.10 Å². The Morgan fingerprint density at radius 2 is 1.45 bits per heavy atom. The van der Waals surface area contributed by atoms with Gasteiger partial charge in [-0.1, -0.05) is 90.3 Å². The number of likely N-dealkylation sites (tertiary alicyclic amines) is 1. The highest BCUT2D eigenvalue weighted by molar-refractivity contribution is 6.30. The number of nitrogens with one attached hydrogen (secondary N) is 1. The van der Waals surface area contributed by atoms with E-state index in [2.05, 4.69) is 84.1 Å². The number of halogens is 2. The molecule has 0 radical (unpaired) electrons. The number of aromatic nitrogens is 2. The normalized spacial score (nSPS) is 28.6. The third-order valence-electron chi connectivity index (χ3n) is 10.9. The Morgan fingerprint density at radius 1 is 0.795 bits per heavy atom. The molecule has 2 spiro atoms. The zero-order valence-corrected chi connectivity index (χ0v) is 25.9. The van der Waals surface area contributed by atoms with E-state index in [0.29, 0.717) is 0 Å². The Labute approximate surface area is 266 Å². The van der Waals surface area contributed by atoms with E-state index in [1.165, 1.54) is 28.0 Å². The fourth-order valence-corrected chi connectivity index (χ4v) is 9.54. The molecule has 44 heavy (non-hydrogen) atoms. The minimum Gasteiger partial charge on any atom is -0.302 e. The number of para-hydroxylation sites is 2. The highest BCUT2D eigenvalue weighted by atomic mass is 35.5. The number of nitrogens with zero attached hydrogens (tertiary/aromatic N) is 4. The average Bonchev–Trinajstić information content (AvgIpc) is 3.69.